The minimum absolute atomic E-state index is 0.0844. The van der Waals surface area contributed by atoms with E-state index >= 15 is 0 Å². The SMILES string of the molecule is CNCc1ccc(N2C(=O)CCCCC2=O)cc1. The lowest BCUT2D eigenvalue weighted by Crippen LogP contribution is -2.35. The Morgan fingerprint density at radius 1 is 1.06 bits per heavy atom. The van der Waals surface area contributed by atoms with Crippen LogP contribution < -0.4 is 10.2 Å². The first-order valence-electron chi connectivity index (χ1n) is 6.31. The van der Waals surface area contributed by atoms with Gasteiger partial charge in [-0.05, 0) is 37.6 Å². The molecule has 0 unspecified atom stereocenters. The Morgan fingerprint density at radius 2 is 1.61 bits per heavy atom. The fourth-order valence-corrected chi connectivity index (χ4v) is 2.17. The molecule has 0 aliphatic carbocycles. The fraction of sp³-hybridized carbons (Fsp3) is 0.429. The van der Waals surface area contributed by atoms with Crippen molar-refractivity contribution in [1.29, 1.82) is 0 Å². The molecule has 1 heterocycles. The number of hydrogen-bond donors (Lipinski definition) is 1. The van der Waals surface area contributed by atoms with Crippen LogP contribution in [0.5, 0.6) is 0 Å². The van der Waals surface area contributed by atoms with Crippen LogP contribution in [0.1, 0.15) is 31.2 Å². The van der Waals surface area contributed by atoms with Gasteiger partial charge in [0.1, 0.15) is 0 Å². The predicted octanol–water partition coefficient (Wildman–Crippen LogP) is 1.84. The highest BCUT2D eigenvalue weighted by atomic mass is 16.2. The van der Waals surface area contributed by atoms with E-state index in [9.17, 15) is 9.59 Å². The number of imide groups is 1. The first-order chi connectivity index (χ1) is 8.72. The monoisotopic (exact) mass is 246 g/mol. The number of amides is 2. The third-order valence-electron chi connectivity index (χ3n) is 3.11. The van der Waals surface area contributed by atoms with Crippen LogP contribution in [-0.4, -0.2) is 18.9 Å². The molecule has 1 fully saturated rings. The lowest BCUT2D eigenvalue weighted by Gasteiger charge is -2.19. The summed E-state index contributed by atoms with van der Waals surface area (Å²) in [6.45, 7) is 0.780. The van der Waals surface area contributed by atoms with Gasteiger partial charge in [-0.25, -0.2) is 0 Å². The lowest BCUT2D eigenvalue weighted by atomic mass is 10.2. The van der Waals surface area contributed by atoms with Crippen molar-refractivity contribution in [2.24, 2.45) is 0 Å². The molecular formula is C14H18N2O2. The number of carbonyl (C=O) groups is 2. The summed E-state index contributed by atoms with van der Waals surface area (Å²) in [5.41, 5.74) is 1.82. The molecule has 1 saturated heterocycles. The average Bonchev–Trinajstić information content (AvgIpc) is 2.53. The zero-order chi connectivity index (χ0) is 13.0. The highest BCUT2D eigenvalue weighted by Crippen LogP contribution is 2.21. The van der Waals surface area contributed by atoms with Crippen LogP contribution in [0.15, 0.2) is 24.3 Å². The lowest BCUT2D eigenvalue weighted by molar-refractivity contribution is -0.125. The third kappa shape index (κ3) is 2.76. The molecule has 96 valence electrons. The Kier molecular flexibility index (Phi) is 4.10. The van der Waals surface area contributed by atoms with Crippen LogP contribution in [0.25, 0.3) is 0 Å². The number of hydrogen-bond acceptors (Lipinski definition) is 3. The predicted molar refractivity (Wildman–Crippen MR) is 70.2 cm³/mol. The molecule has 1 aromatic carbocycles. The molecule has 0 bridgehead atoms. The van der Waals surface area contributed by atoms with E-state index in [-0.39, 0.29) is 11.8 Å². The van der Waals surface area contributed by atoms with Crippen molar-refractivity contribution >= 4 is 17.5 Å². The van der Waals surface area contributed by atoms with Crippen LogP contribution in [0, 0.1) is 0 Å². The van der Waals surface area contributed by atoms with E-state index in [2.05, 4.69) is 5.32 Å². The van der Waals surface area contributed by atoms with Crippen molar-refractivity contribution in [3.8, 4) is 0 Å². The molecule has 0 saturated carbocycles. The minimum Gasteiger partial charge on any atom is -0.316 e. The molecule has 1 N–H and O–H groups in total. The zero-order valence-electron chi connectivity index (χ0n) is 10.6. The van der Waals surface area contributed by atoms with Crippen LogP contribution >= 0.6 is 0 Å². The first kappa shape index (κ1) is 12.8. The second-order valence-electron chi connectivity index (χ2n) is 4.53. The molecule has 0 spiro atoms. The first-order valence-corrected chi connectivity index (χ1v) is 6.31. The van der Waals surface area contributed by atoms with Crippen LogP contribution in [0.2, 0.25) is 0 Å². The highest BCUT2D eigenvalue weighted by molar-refractivity contribution is 6.15. The second-order valence-corrected chi connectivity index (χ2v) is 4.53. The molecule has 0 atom stereocenters. The number of nitrogens with zero attached hydrogens (tertiary/aromatic N) is 1. The van der Waals surface area contributed by atoms with E-state index in [1.165, 1.54) is 4.90 Å². The number of nitrogens with one attached hydrogen (secondary N) is 1. The van der Waals surface area contributed by atoms with Gasteiger partial charge >= 0.3 is 0 Å². The summed E-state index contributed by atoms with van der Waals surface area (Å²) in [5.74, 6) is -0.169. The van der Waals surface area contributed by atoms with Crippen LogP contribution in [-0.2, 0) is 16.1 Å². The van der Waals surface area contributed by atoms with Gasteiger partial charge in [0.2, 0.25) is 11.8 Å². The summed E-state index contributed by atoms with van der Waals surface area (Å²) >= 11 is 0. The van der Waals surface area contributed by atoms with Crippen molar-refractivity contribution in [3.05, 3.63) is 29.8 Å². The molecule has 1 aliphatic rings. The van der Waals surface area contributed by atoms with Gasteiger partial charge in [-0.2, -0.15) is 0 Å². The van der Waals surface area contributed by atoms with E-state index in [4.69, 9.17) is 0 Å². The number of benzene rings is 1. The molecule has 2 rings (SSSR count). The van der Waals surface area contributed by atoms with Crippen molar-refractivity contribution in [3.63, 3.8) is 0 Å². The topological polar surface area (TPSA) is 49.4 Å². The van der Waals surface area contributed by atoms with Crippen LogP contribution in [0.4, 0.5) is 5.69 Å². The molecular weight excluding hydrogens is 228 g/mol. The number of rotatable bonds is 3. The molecule has 2 amide bonds. The van der Waals surface area contributed by atoms with Crippen molar-refractivity contribution in [2.75, 3.05) is 11.9 Å². The van der Waals surface area contributed by atoms with Crippen molar-refractivity contribution < 1.29 is 9.59 Å². The van der Waals surface area contributed by atoms with Crippen LogP contribution in [0.3, 0.4) is 0 Å². The van der Waals surface area contributed by atoms with E-state index < -0.39 is 0 Å². The standard InChI is InChI=1S/C14H18N2O2/c1-15-10-11-6-8-12(9-7-11)16-13(17)4-2-3-5-14(16)18/h6-9,15H,2-5,10H2,1H3. The molecule has 0 radical (unpaired) electrons. The van der Waals surface area contributed by atoms with Gasteiger partial charge in [0.15, 0.2) is 0 Å². The van der Waals surface area contributed by atoms with E-state index in [1.807, 2.05) is 31.3 Å². The Bertz CT molecular complexity index is 422. The molecule has 4 heteroatoms. The summed E-state index contributed by atoms with van der Waals surface area (Å²) in [5, 5.41) is 3.06. The van der Waals surface area contributed by atoms with Gasteiger partial charge in [0.25, 0.3) is 0 Å². The highest BCUT2D eigenvalue weighted by Gasteiger charge is 2.25. The van der Waals surface area contributed by atoms with Gasteiger partial charge in [-0.1, -0.05) is 12.1 Å². The Hall–Kier alpha value is -1.68. The summed E-state index contributed by atoms with van der Waals surface area (Å²) in [6, 6.07) is 7.57. The van der Waals surface area contributed by atoms with E-state index in [0.29, 0.717) is 18.5 Å². The molecule has 1 aromatic rings. The van der Waals surface area contributed by atoms with Gasteiger partial charge in [-0.3, -0.25) is 14.5 Å². The molecule has 0 aromatic heterocycles. The quantitative estimate of drug-likeness (QED) is 0.828. The van der Waals surface area contributed by atoms with E-state index in [1.54, 1.807) is 0 Å². The maximum absolute atomic E-state index is 11.9. The van der Waals surface area contributed by atoms with E-state index in [0.717, 1.165) is 24.9 Å². The van der Waals surface area contributed by atoms with Crippen molar-refractivity contribution in [1.82, 2.24) is 5.32 Å². The summed E-state index contributed by atoms with van der Waals surface area (Å²) in [6.07, 6.45) is 2.53. The number of anilines is 1. The van der Waals surface area contributed by atoms with Gasteiger partial charge < -0.3 is 5.32 Å². The normalized spacial score (nSPS) is 16.8. The van der Waals surface area contributed by atoms with Gasteiger partial charge in [-0.15, -0.1) is 0 Å². The molecule has 4 nitrogen and oxygen atoms in total. The average molecular weight is 246 g/mol. The summed E-state index contributed by atoms with van der Waals surface area (Å²) in [7, 11) is 1.88. The largest absolute Gasteiger partial charge is 0.316 e. The Balaban J connectivity index is 2.22. The Morgan fingerprint density at radius 3 is 2.11 bits per heavy atom. The smallest absolute Gasteiger partial charge is 0.233 e. The minimum atomic E-state index is -0.0844. The van der Waals surface area contributed by atoms with Gasteiger partial charge in [0, 0.05) is 19.4 Å². The summed E-state index contributed by atoms with van der Waals surface area (Å²) < 4.78 is 0. The zero-order valence-corrected chi connectivity index (χ0v) is 10.6. The Labute approximate surface area is 107 Å². The summed E-state index contributed by atoms with van der Waals surface area (Å²) in [4.78, 5) is 25.2. The van der Waals surface area contributed by atoms with Gasteiger partial charge in [0.05, 0.1) is 5.69 Å². The second kappa shape index (κ2) is 5.78. The van der Waals surface area contributed by atoms with Crippen molar-refractivity contribution in [2.45, 2.75) is 32.2 Å². The molecule has 1 aliphatic heterocycles. The third-order valence-corrected chi connectivity index (χ3v) is 3.11. The fourth-order valence-electron chi connectivity index (χ4n) is 2.17. The number of carbonyl (C=O) groups excluding carboxylic acids is 2. The molecule has 18 heavy (non-hydrogen) atoms. The maximum Gasteiger partial charge on any atom is 0.233 e. The maximum atomic E-state index is 11.9.